The van der Waals surface area contributed by atoms with Gasteiger partial charge in [0.1, 0.15) is 0 Å². The van der Waals surface area contributed by atoms with E-state index in [2.05, 4.69) is 15.7 Å². The SMILES string of the molecule is C[C@@H](O)CNC(=O)NCc1cnn(-c2ccccc2)c1. The van der Waals surface area contributed by atoms with Gasteiger partial charge in [-0.2, -0.15) is 5.10 Å². The van der Waals surface area contributed by atoms with Crippen molar-refractivity contribution >= 4 is 6.03 Å². The van der Waals surface area contributed by atoms with Gasteiger partial charge in [0, 0.05) is 24.8 Å². The van der Waals surface area contributed by atoms with Crippen molar-refractivity contribution in [2.45, 2.75) is 19.6 Å². The highest BCUT2D eigenvalue weighted by Crippen LogP contribution is 2.07. The molecule has 0 radical (unpaired) electrons. The van der Waals surface area contributed by atoms with Gasteiger partial charge in [0.15, 0.2) is 0 Å². The van der Waals surface area contributed by atoms with Crippen LogP contribution in [-0.4, -0.2) is 33.6 Å². The van der Waals surface area contributed by atoms with Crippen molar-refractivity contribution in [3.05, 3.63) is 48.3 Å². The molecule has 0 saturated heterocycles. The summed E-state index contributed by atoms with van der Waals surface area (Å²) in [5, 5.41) is 18.6. The summed E-state index contributed by atoms with van der Waals surface area (Å²) < 4.78 is 1.75. The van der Waals surface area contributed by atoms with E-state index in [1.165, 1.54) is 0 Å². The maximum absolute atomic E-state index is 11.4. The quantitative estimate of drug-likeness (QED) is 0.762. The molecule has 1 atom stereocenters. The largest absolute Gasteiger partial charge is 0.392 e. The smallest absolute Gasteiger partial charge is 0.315 e. The number of nitrogens with one attached hydrogen (secondary N) is 2. The summed E-state index contributed by atoms with van der Waals surface area (Å²) in [5.41, 5.74) is 1.87. The summed E-state index contributed by atoms with van der Waals surface area (Å²) in [7, 11) is 0. The Labute approximate surface area is 117 Å². The van der Waals surface area contributed by atoms with Crippen LogP contribution in [0.3, 0.4) is 0 Å². The minimum atomic E-state index is -0.554. The molecule has 2 amide bonds. The Morgan fingerprint density at radius 2 is 2.10 bits per heavy atom. The molecule has 1 heterocycles. The highest BCUT2D eigenvalue weighted by atomic mass is 16.3. The summed E-state index contributed by atoms with van der Waals surface area (Å²) in [6.07, 6.45) is 3.02. The van der Waals surface area contributed by atoms with Crippen LogP contribution in [0, 0.1) is 0 Å². The standard InChI is InChI=1S/C14H18N4O2/c1-11(19)7-15-14(20)16-8-12-9-17-18(10-12)13-5-3-2-4-6-13/h2-6,9-11,19H,7-8H2,1H3,(H2,15,16,20)/t11-/m1/s1. The molecule has 0 aliphatic carbocycles. The van der Waals surface area contributed by atoms with E-state index in [1.807, 2.05) is 36.5 Å². The van der Waals surface area contributed by atoms with Gasteiger partial charge in [-0.3, -0.25) is 0 Å². The molecule has 3 N–H and O–H groups in total. The molecule has 2 rings (SSSR count). The van der Waals surface area contributed by atoms with E-state index < -0.39 is 6.10 Å². The molecular formula is C14H18N4O2. The number of aromatic nitrogens is 2. The van der Waals surface area contributed by atoms with Crippen LogP contribution in [0.5, 0.6) is 0 Å². The molecule has 1 aromatic heterocycles. The minimum absolute atomic E-state index is 0.231. The first-order chi connectivity index (χ1) is 9.65. The highest BCUT2D eigenvalue weighted by molar-refractivity contribution is 5.73. The minimum Gasteiger partial charge on any atom is -0.392 e. The van der Waals surface area contributed by atoms with Gasteiger partial charge in [-0.25, -0.2) is 9.48 Å². The van der Waals surface area contributed by atoms with Gasteiger partial charge >= 0.3 is 6.03 Å². The summed E-state index contributed by atoms with van der Waals surface area (Å²) in [5.74, 6) is 0. The molecular weight excluding hydrogens is 256 g/mol. The second-order valence-electron chi connectivity index (χ2n) is 4.54. The fraction of sp³-hybridized carbons (Fsp3) is 0.286. The number of para-hydroxylation sites is 1. The Bertz CT molecular complexity index is 551. The van der Waals surface area contributed by atoms with Crippen molar-refractivity contribution in [3.63, 3.8) is 0 Å². The molecule has 0 aliphatic heterocycles. The lowest BCUT2D eigenvalue weighted by Gasteiger charge is -2.07. The van der Waals surface area contributed by atoms with E-state index in [1.54, 1.807) is 17.8 Å². The third kappa shape index (κ3) is 4.10. The molecule has 0 bridgehead atoms. The van der Waals surface area contributed by atoms with E-state index in [0.29, 0.717) is 6.54 Å². The van der Waals surface area contributed by atoms with Crippen LogP contribution in [0.4, 0.5) is 4.79 Å². The lowest BCUT2D eigenvalue weighted by molar-refractivity contribution is 0.187. The zero-order valence-electron chi connectivity index (χ0n) is 11.3. The number of urea groups is 1. The monoisotopic (exact) mass is 274 g/mol. The maximum atomic E-state index is 11.4. The number of benzene rings is 1. The van der Waals surface area contributed by atoms with Gasteiger partial charge in [-0.15, -0.1) is 0 Å². The third-order valence-electron chi connectivity index (χ3n) is 2.67. The van der Waals surface area contributed by atoms with E-state index in [0.717, 1.165) is 11.3 Å². The number of carbonyl (C=O) groups is 1. The summed E-state index contributed by atoms with van der Waals surface area (Å²) in [4.78, 5) is 11.4. The number of hydrogen-bond donors (Lipinski definition) is 3. The first kappa shape index (κ1) is 14.1. The number of hydrogen-bond acceptors (Lipinski definition) is 3. The van der Waals surface area contributed by atoms with Crippen molar-refractivity contribution in [2.75, 3.05) is 6.54 Å². The normalized spacial score (nSPS) is 11.9. The molecule has 1 aromatic carbocycles. The van der Waals surface area contributed by atoms with Crippen molar-refractivity contribution in [1.82, 2.24) is 20.4 Å². The zero-order valence-corrected chi connectivity index (χ0v) is 11.3. The van der Waals surface area contributed by atoms with Gasteiger partial charge in [0.05, 0.1) is 18.0 Å². The third-order valence-corrected chi connectivity index (χ3v) is 2.67. The first-order valence-corrected chi connectivity index (χ1v) is 6.44. The molecule has 6 nitrogen and oxygen atoms in total. The van der Waals surface area contributed by atoms with Gasteiger partial charge in [-0.05, 0) is 19.1 Å². The maximum Gasteiger partial charge on any atom is 0.315 e. The first-order valence-electron chi connectivity index (χ1n) is 6.44. The molecule has 20 heavy (non-hydrogen) atoms. The van der Waals surface area contributed by atoms with Crippen molar-refractivity contribution in [1.29, 1.82) is 0 Å². The Morgan fingerprint density at radius 1 is 1.35 bits per heavy atom. The van der Waals surface area contributed by atoms with Crippen LogP contribution in [0.1, 0.15) is 12.5 Å². The molecule has 0 fully saturated rings. The lowest BCUT2D eigenvalue weighted by atomic mass is 10.3. The predicted molar refractivity (Wildman–Crippen MR) is 75.5 cm³/mol. The summed E-state index contributed by atoms with van der Waals surface area (Å²) in [6.45, 7) is 2.23. The Kier molecular flexibility index (Phi) is 4.73. The molecule has 0 unspecified atom stereocenters. The number of carbonyl (C=O) groups excluding carboxylic acids is 1. The molecule has 6 heteroatoms. The predicted octanol–water partition coefficient (Wildman–Crippen LogP) is 1.05. The second kappa shape index (κ2) is 6.72. The molecule has 0 spiro atoms. The number of aliphatic hydroxyl groups excluding tert-OH is 1. The van der Waals surface area contributed by atoms with E-state index in [-0.39, 0.29) is 12.6 Å². The van der Waals surface area contributed by atoms with Gasteiger partial charge in [0.25, 0.3) is 0 Å². The van der Waals surface area contributed by atoms with Gasteiger partial charge < -0.3 is 15.7 Å². The lowest BCUT2D eigenvalue weighted by Crippen LogP contribution is -2.38. The Hall–Kier alpha value is -2.34. The van der Waals surface area contributed by atoms with E-state index in [9.17, 15) is 4.79 Å². The van der Waals surface area contributed by atoms with Gasteiger partial charge in [0.2, 0.25) is 0 Å². The average Bonchev–Trinajstić information content (AvgIpc) is 2.93. The van der Waals surface area contributed by atoms with Crippen LogP contribution in [-0.2, 0) is 6.54 Å². The number of rotatable bonds is 5. The molecule has 0 aliphatic rings. The number of aliphatic hydroxyl groups is 1. The van der Waals surface area contributed by atoms with Crippen LogP contribution in [0.15, 0.2) is 42.7 Å². The summed E-state index contributed by atoms with van der Waals surface area (Å²) in [6, 6.07) is 9.44. The highest BCUT2D eigenvalue weighted by Gasteiger charge is 2.04. The van der Waals surface area contributed by atoms with E-state index in [4.69, 9.17) is 5.11 Å². The van der Waals surface area contributed by atoms with Crippen molar-refractivity contribution in [3.8, 4) is 5.69 Å². The summed E-state index contributed by atoms with van der Waals surface area (Å²) >= 11 is 0. The Balaban J connectivity index is 1.86. The molecule has 2 aromatic rings. The fourth-order valence-electron chi connectivity index (χ4n) is 1.66. The average molecular weight is 274 g/mol. The van der Waals surface area contributed by atoms with Crippen LogP contribution < -0.4 is 10.6 Å². The molecule has 106 valence electrons. The fourth-order valence-corrected chi connectivity index (χ4v) is 1.66. The van der Waals surface area contributed by atoms with Crippen molar-refractivity contribution in [2.24, 2.45) is 0 Å². The Morgan fingerprint density at radius 3 is 2.80 bits per heavy atom. The topological polar surface area (TPSA) is 79.2 Å². The van der Waals surface area contributed by atoms with Crippen LogP contribution in [0.2, 0.25) is 0 Å². The van der Waals surface area contributed by atoms with Crippen LogP contribution in [0.25, 0.3) is 5.69 Å². The zero-order chi connectivity index (χ0) is 14.4. The number of amides is 2. The van der Waals surface area contributed by atoms with E-state index >= 15 is 0 Å². The second-order valence-corrected chi connectivity index (χ2v) is 4.54. The number of nitrogens with zero attached hydrogens (tertiary/aromatic N) is 2. The molecule has 0 saturated carbocycles. The van der Waals surface area contributed by atoms with Gasteiger partial charge in [-0.1, -0.05) is 18.2 Å². The van der Waals surface area contributed by atoms with Crippen molar-refractivity contribution < 1.29 is 9.90 Å². The van der Waals surface area contributed by atoms with Crippen LogP contribution >= 0.6 is 0 Å².